The number of fused-ring (bicyclic) bond motifs is 1. The average molecular weight is 419 g/mol. The summed E-state index contributed by atoms with van der Waals surface area (Å²) in [5.41, 5.74) is 0.953. The van der Waals surface area contributed by atoms with Gasteiger partial charge in [0.2, 0.25) is 0 Å². The van der Waals surface area contributed by atoms with Gasteiger partial charge in [0.25, 0.3) is 0 Å². The van der Waals surface area contributed by atoms with Crippen LogP contribution in [0.25, 0.3) is 10.8 Å². The minimum Gasteiger partial charge on any atom is -0.469 e. The third-order valence-corrected chi connectivity index (χ3v) is 8.60. The zero-order chi connectivity index (χ0) is 21.1. The predicted octanol–water partition coefficient (Wildman–Crippen LogP) is 5.04. The average Bonchev–Trinajstić information content (AvgIpc) is 3.15. The van der Waals surface area contributed by atoms with Crippen molar-refractivity contribution in [2.75, 3.05) is 20.3 Å². The monoisotopic (exact) mass is 419 g/mol. The molecule has 29 heavy (non-hydrogen) atoms. The quantitative estimate of drug-likeness (QED) is 0.478. The minimum atomic E-state index is -3.51. The summed E-state index contributed by atoms with van der Waals surface area (Å²) >= 11 is 0. The number of rotatable bonds is 8. The predicted molar refractivity (Wildman–Crippen MR) is 114 cm³/mol. The van der Waals surface area contributed by atoms with E-state index in [1.165, 1.54) is 7.11 Å². The first-order valence-electron chi connectivity index (χ1n) is 10.2. The highest BCUT2D eigenvalue weighted by Gasteiger charge is 2.59. The van der Waals surface area contributed by atoms with E-state index in [0.29, 0.717) is 12.8 Å². The number of methoxy groups -OCH3 is 1. The van der Waals surface area contributed by atoms with E-state index < -0.39 is 18.8 Å². The summed E-state index contributed by atoms with van der Waals surface area (Å²) in [6, 6.07) is 13.8. The van der Waals surface area contributed by atoms with Gasteiger partial charge in [0.1, 0.15) is 5.28 Å². The van der Waals surface area contributed by atoms with E-state index >= 15 is 0 Å². The smallest absolute Gasteiger partial charge is 0.350 e. The van der Waals surface area contributed by atoms with E-state index in [-0.39, 0.29) is 25.2 Å². The molecule has 1 aliphatic heterocycles. The molecule has 2 aromatic carbocycles. The lowest BCUT2D eigenvalue weighted by Gasteiger charge is -2.35. The Labute approximate surface area is 172 Å². The van der Waals surface area contributed by atoms with Crippen LogP contribution >= 0.6 is 7.60 Å². The molecule has 1 fully saturated rings. The fourth-order valence-corrected chi connectivity index (χ4v) is 6.63. The lowest BCUT2D eigenvalue weighted by Crippen LogP contribution is -2.41. The summed E-state index contributed by atoms with van der Waals surface area (Å²) in [6.45, 7) is 6.06. The number of benzene rings is 2. The lowest BCUT2D eigenvalue weighted by atomic mass is 9.92. The van der Waals surface area contributed by atoms with Crippen LogP contribution in [-0.2, 0) is 23.1 Å². The Balaban J connectivity index is 2.07. The summed E-state index contributed by atoms with van der Waals surface area (Å²) in [6.07, 6.45) is 0.826. The maximum absolute atomic E-state index is 13.8. The first-order valence-corrected chi connectivity index (χ1v) is 11.7. The maximum Gasteiger partial charge on any atom is 0.350 e. The van der Waals surface area contributed by atoms with Crippen molar-refractivity contribution in [2.45, 2.75) is 44.9 Å². The Hall–Kier alpha value is -1.72. The molecule has 7 heteroatoms. The third kappa shape index (κ3) is 3.99. The maximum atomic E-state index is 13.8. The first kappa shape index (κ1) is 22.0. The highest BCUT2D eigenvalue weighted by atomic mass is 31.2. The second-order valence-corrected chi connectivity index (χ2v) is 9.65. The molecule has 158 valence electrons. The summed E-state index contributed by atoms with van der Waals surface area (Å²) in [5, 5.41) is 4.76. The second-order valence-electron chi connectivity index (χ2n) is 7.28. The van der Waals surface area contributed by atoms with Gasteiger partial charge in [-0.2, -0.15) is 0 Å². The molecular weight excluding hydrogens is 389 g/mol. The zero-order valence-corrected chi connectivity index (χ0v) is 18.4. The van der Waals surface area contributed by atoms with Gasteiger partial charge in [-0.15, -0.1) is 0 Å². The number of carbonyl (C=O) groups is 1. The molecule has 0 bridgehead atoms. The van der Waals surface area contributed by atoms with Gasteiger partial charge in [-0.3, -0.25) is 14.7 Å². The molecule has 0 amide bonds. The molecule has 0 aromatic heterocycles. The van der Waals surface area contributed by atoms with Crippen molar-refractivity contribution < 1.29 is 23.1 Å². The minimum absolute atomic E-state index is 0.268. The van der Waals surface area contributed by atoms with Gasteiger partial charge >= 0.3 is 13.6 Å². The Morgan fingerprint density at radius 1 is 1.10 bits per heavy atom. The van der Waals surface area contributed by atoms with Crippen LogP contribution in [0, 0.1) is 5.92 Å². The summed E-state index contributed by atoms with van der Waals surface area (Å²) < 4.78 is 30.2. The van der Waals surface area contributed by atoms with E-state index in [9.17, 15) is 9.36 Å². The fourth-order valence-electron chi connectivity index (χ4n) is 4.27. The molecule has 0 aliphatic carbocycles. The molecule has 1 saturated heterocycles. The van der Waals surface area contributed by atoms with Crippen molar-refractivity contribution in [3.8, 4) is 0 Å². The van der Waals surface area contributed by atoms with Crippen molar-refractivity contribution in [1.29, 1.82) is 0 Å². The van der Waals surface area contributed by atoms with Crippen LogP contribution in [-0.4, -0.2) is 31.6 Å². The Bertz CT molecular complexity index is 907. The molecule has 3 rings (SSSR count). The summed E-state index contributed by atoms with van der Waals surface area (Å²) in [7, 11) is -2.12. The number of ether oxygens (including phenoxy) is 1. The van der Waals surface area contributed by atoms with Crippen LogP contribution < -0.4 is 5.32 Å². The Morgan fingerprint density at radius 2 is 1.76 bits per heavy atom. The Kier molecular flexibility index (Phi) is 6.79. The first-order chi connectivity index (χ1) is 13.9. The van der Waals surface area contributed by atoms with E-state index in [4.69, 9.17) is 13.8 Å². The summed E-state index contributed by atoms with van der Waals surface area (Å²) in [5.74, 6) is -0.819. The molecular formula is C22H30NO5P. The second kappa shape index (κ2) is 8.97. The molecule has 0 spiro atoms. The molecule has 0 saturated carbocycles. The van der Waals surface area contributed by atoms with Gasteiger partial charge in [-0.1, -0.05) is 43.3 Å². The van der Waals surface area contributed by atoms with E-state index in [2.05, 4.69) is 11.4 Å². The van der Waals surface area contributed by atoms with E-state index in [1.807, 2.05) is 43.3 Å². The standard InChI is InChI=1S/C22H30NO5P/c1-5-22(29(25,27-6-2)28-7-3)15-19(21(24)26-4)20(23-22)18-13-12-16-10-8-9-11-17(16)14-18/h8-14,19-20,23H,5-7,15H2,1-4H3/t19-,20-,22+/m1/s1. The fraction of sp³-hybridized carbons (Fsp3) is 0.500. The lowest BCUT2D eigenvalue weighted by molar-refractivity contribution is -0.145. The molecule has 6 nitrogen and oxygen atoms in total. The van der Waals surface area contributed by atoms with E-state index in [0.717, 1.165) is 16.3 Å². The number of esters is 1. The molecule has 1 heterocycles. The topological polar surface area (TPSA) is 73.9 Å². The zero-order valence-electron chi connectivity index (χ0n) is 17.5. The molecule has 0 unspecified atom stereocenters. The highest BCUT2D eigenvalue weighted by Crippen LogP contribution is 2.66. The number of hydrogen-bond donors (Lipinski definition) is 1. The van der Waals surface area contributed by atoms with Crippen LogP contribution in [0.4, 0.5) is 0 Å². The van der Waals surface area contributed by atoms with Gasteiger partial charge in [-0.05, 0) is 49.1 Å². The van der Waals surface area contributed by atoms with Crippen molar-refractivity contribution >= 4 is 24.3 Å². The van der Waals surface area contributed by atoms with Crippen LogP contribution in [0.1, 0.15) is 45.2 Å². The SMILES string of the molecule is CCOP(=O)(OCC)[C@@]1(CC)C[C@@H](C(=O)OC)[C@@H](c2ccc3ccccc3c2)N1. The van der Waals surface area contributed by atoms with E-state index in [1.54, 1.807) is 13.8 Å². The van der Waals surface area contributed by atoms with Crippen LogP contribution in [0.2, 0.25) is 0 Å². The van der Waals surface area contributed by atoms with Gasteiger partial charge in [0.05, 0.1) is 26.2 Å². The van der Waals surface area contributed by atoms with Crippen molar-refractivity contribution in [2.24, 2.45) is 5.92 Å². The summed E-state index contributed by atoms with van der Waals surface area (Å²) in [4.78, 5) is 12.7. The third-order valence-electron chi connectivity index (χ3n) is 5.73. The highest BCUT2D eigenvalue weighted by molar-refractivity contribution is 7.55. The van der Waals surface area contributed by atoms with Gasteiger partial charge in [0, 0.05) is 6.04 Å². The normalized spacial score (nSPS) is 24.7. The molecule has 1 N–H and O–H groups in total. The van der Waals surface area contributed by atoms with Gasteiger partial charge in [-0.25, -0.2) is 0 Å². The van der Waals surface area contributed by atoms with Crippen molar-refractivity contribution in [1.82, 2.24) is 5.32 Å². The largest absolute Gasteiger partial charge is 0.469 e. The van der Waals surface area contributed by atoms with Crippen LogP contribution in [0.3, 0.4) is 0 Å². The molecule has 0 radical (unpaired) electrons. The molecule has 2 aromatic rings. The molecule has 3 atom stereocenters. The Morgan fingerprint density at radius 3 is 2.34 bits per heavy atom. The number of hydrogen-bond acceptors (Lipinski definition) is 6. The van der Waals surface area contributed by atoms with Crippen molar-refractivity contribution in [3.05, 3.63) is 48.0 Å². The van der Waals surface area contributed by atoms with Crippen molar-refractivity contribution in [3.63, 3.8) is 0 Å². The number of carbonyl (C=O) groups excluding carboxylic acids is 1. The van der Waals surface area contributed by atoms with Crippen LogP contribution in [0.5, 0.6) is 0 Å². The van der Waals surface area contributed by atoms with Gasteiger partial charge < -0.3 is 13.8 Å². The van der Waals surface area contributed by atoms with Gasteiger partial charge in [0.15, 0.2) is 0 Å². The molecule has 1 aliphatic rings. The number of nitrogens with one attached hydrogen (secondary N) is 1. The van der Waals surface area contributed by atoms with Crippen LogP contribution in [0.15, 0.2) is 42.5 Å².